The predicted octanol–water partition coefficient (Wildman–Crippen LogP) is -0.0780. The molecule has 6 heteroatoms. The van der Waals surface area contributed by atoms with Gasteiger partial charge >= 0.3 is 0 Å². The van der Waals surface area contributed by atoms with Crippen molar-refractivity contribution in [2.45, 2.75) is 4.90 Å². The molecule has 0 atom stereocenters. The minimum atomic E-state index is -3.87. The maximum absolute atomic E-state index is 11.3. The standard InChI is InChI=1S/C8H8NO4S/c10-6-8(11)9-14(12,13)7-4-2-1-3-5-7/h1-5H,6H2,(H,9,11). The third-order valence-corrected chi connectivity index (χ3v) is 2.82. The molecule has 1 rings (SSSR count). The highest BCUT2D eigenvalue weighted by Gasteiger charge is 2.16. The number of benzene rings is 1. The Balaban J connectivity index is 2.93. The minimum absolute atomic E-state index is 0.0400. The van der Waals surface area contributed by atoms with Gasteiger partial charge in [-0.3, -0.25) is 4.79 Å². The molecule has 0 heterocycles. The van der Waals surface area contributed by atoms with Crippen LogP contribution in [0.15, 0.2) is 35.2 Å². The molecule has 0 aliphatic carbocycles. The van der Waals surface area contributed by atoms with Gasteiger partial charge in [0.25, 0.3) is 15.9 Å². The van der Waals surface area contributed by atoms with Gasteiger partial charge in [0.2, 0.25) is 0 Å². The maximum atomic E-state index is 11.3. The highest BCUT2D eigenvalue weighted by Crippen LogP contribution is 2.06. The van der Waals surface area contributed by atoms with Crippen molar-refractivity contribution in [3.05, 3.63) is 30.3 Å². The van der Waals surface area contributed by atoms with Gasteiger partial charge < -0.3 is 0 Å². The summed E-state index contributed by atoms with van der Waals surface area (Å²) in [6.07, 6.45) is 0. The van der Waals surface area contributed by atoms with Gasteiger partial charge in [-0.1, -0.05) is 18.2 Å². The van der Waals surface area contributed by atoms with Crippen molar-refractivity contribution in [2.75, 3.05) is 6.61 Å². The second kappa shape index (κ2) is 4.21. The predicted molar refractivity (Wildman–Crippen MR) is 47.3 cm³/mol. The van der Waals surface area contributed by atoms with Gasteiger partial charge in [-0.2, -0.15) is 0 Å². The average molecular weight is 214 g/mol. The molecule has 0 bridgehead atoms. The van der Waals surface area contributed by atoms with E-state index in [1.54, 1.807) is 10.8 Å². The monoisotopic (exact) mass is 214 g/mol. The Labute approximate surface area is 81.4 Å². The molecule has 0 fully saturated rings. The van der Waals surface area contributed by atoms with Gasteiger partial charge in [0.15, 0.2) is 6.61 Å². The number of hydrogen-bond acceptors (Lipinski definition) is 3. The van der Waals surface area contributed by atoms with Crippen molar-refractivity contribution in [1.29, 1.82) is 0 Å². The minimum Gasteiger partial charge on any atom is -0.271 e. The molecule has 75 valence electrons. The molecular weight excluding hydrogens is 206 g/mol. The van der Waals surface area contributed by atoms with Crippen molar-refractivity contribution in [3.63, 3.8) is 0 Å². The quantitative estimate of drug-likeness (QED) is 0.764. The van der Waals surface area contributed by atoms with Gasteiger partial charge in [-0.25, -0.2) is 18.2 Å². The normalized spacial score (nSPS) is 10.9. The number of amides is 1. The molecule has 14 heavy (non-hydrogen) atoms. The molecule has 0 saturated carbocycles. The van der Waals surface area contributed by atoms with Crippen molar-refractivity contribution < 1.29 is 18.3 Å². The first kappa shape index (κ1) is 10.7. The summed E-state index contributed by atoms with van der Waals surface area (Å²) in [6, 6.07) is 7.36. The van der Waals surface area contributed by atoms with Crippen LogP contribution in [0.4, 0.5) is 0 Å². The first-order valence-corrected chi connectivity index (χ1v) is 5.23. The summed E-state index contributed by atoms with van der Waals surface area (Å²) in [5.74, 6) is -1.06. The molecule has 0 aliphatic heterocycles. The van der Waals surface area contributed by atoms with E-state index in [0.717, 1.165) is 0 Å². The first-order chi connectivity index (χ1) is 6.56. The van der Waals surface area contributed by atoms with Crippen LogP contribution < -0.4 is 4.72 Å². The number of carbonyl (C=O) groups is 1. The van der Waals surface area contributed by atoms with E-state index < -0.39 is 22.5 Å². The lowest BCUT2D eigenvalue weighted by molar-refractivity contribution is -0.123. The molecular formula is C8H8NO4S. The molecule has 0 unspecified atom stereocenters. The van der Waals surface area contributed by atoms with Gasteiger partial charge in [0, 0.05) is 0 Å². The third kappa shape index (κ3) is 2.54. The van der Waals surface area contributed by atoms with E-state index in [4.69, 9.17) is 0 Å². The first-order valence-electron chi connectivity index (χ1n) is 3.75. The fraction of sp³-hybridized carbons (Fsp3) is 0.125. The molecule has 0 spiro atoms. The highest BCUT2D eigenvalue weighted by atomic mass is 32.2. The molecule has 0 aromatic heterocycles. The Hall–Kier alpha value is -1.40. The van der Waals surface area contributed by atoms with Crippen LogP contribution in [0.3, 0.4) is 0 Å². The Bertz CT molecular complexity index is 412. The van der Waals surface area contributed by atoms with Crippen LogP contribution in [-0.4, -0.2) is 20.9 Å². The fourth-order valence-corrected chi connectivity index (χ4v) is 1.83. The number of sulfonamides is 1. The Morgan fingerprint density at radius 3 is 2.29 bits per heavy atom. The van der Waals surface area contributed by atoms with E-state index in [2.05, 4.69) is 0 Å². The molecule has 1 radical (unpaired) electrons. The van der Waals surface area contributed by atoms with Crippen molar-refractivity contribution in [1.82, 2.24) is 4.72 Å². The number of carbonyl (C=O) groups excluding carboxylic acids is 1. The SMILES string of the molecule is [O]CC(=O)NS(=O)(=O)c1ccccc1. The van der Waals surface area contributed by atoms with E-state index in [1.165, 1.54) is 24.3 Å². The summed E-state index contributed by atoms with van der Waals surface area (Å²) < 4.78 is 24.3. The lowest BCUT2D eigenvalue weighted by Gasteiger charge is -2.03. The lowest BCUT2D eigenvalue weighted by atomic mass is 10.4. The second-order valence-corrected chi connectivity index (χ2v) is 4.17. The van der Waals surface area contributed by atoms with Gasteiger partial charge in [-0.05, 0) is 12.1 Å². The number of rotatable bonds is 3. The summed E-state index contributed by atoms with van der Waals surface area (Å²) in [7, 11) is -3.87. The summed E-state index contributed by atoms with van der Waals surface area (Å²) in [5, 5.41) is 10.1. The molecule has 5 nitrogen and oxygen atoms in total. The van der Waals surface area contributed by atoms with Crippen LogP contribution in [0, 0.1) is 0 Å². The molecule has 1 aromatic carbocycles. The van der Waals surface area contributed by atoms with Crippen LogP contribution in [-0.2, 0) is 19.9 Å². The molecule has 0 saturated heterocycles. The largest absolute Gasteiger partial charge is 0.271 e. The zero-order chi connectivity index (χ0) is 10.6. The van der Waals surface area contributed by atoms with E-state index >= 15 is 0 Å². The number of hydrogen-bond donors (Lipinski definition) is 1. The van der Waals surface area contributed by atoms with Crippen LogP contribution in [0.2, 0.25) is 0 Å². The van der Waals surface area contributed by atoms with Crippen molar-refractivity contribution in [3.8, 4) is 0 Å². The Morgan fingerprint density at radius 1 is 1.21 bits per heavy atom. The highest BCUT2D eigenvalue weighted by molar-refractivity contribution is 7.90. The van der Waals surface area contributed by atoms with Gasteiger partial charge in [-0.15, -0.1) is 0 Å². The van der Waals surface area contributed by atoms with Crippen molar-refractivity contribution >= 4 is 15.9 Å². The molecule has 1 amide bonds. The van der Waals surface area contributed by atoms with E-state index in [-0.39, 0.29) is 4.90 Å². The molecule has 1 N–H and O–H groups in total. The third-order valence-electron chi connectivity index (χ3n) is 1.43. The summed E-state index contributed by atoms with van der Waals surface area (Å²) >= 11 is 0. The van der Waals surface area contributed by atoms with Crippen molar-refractivity contribution in [2.24, 2.45) is 0 Å². The lowest BCUT2D eigenvalue weighted by Crippen LogP contribution is -2.32. The average Bonchev–Trinajstić information content (AvgIpc) is 2.18. The van der Waals surface area contributed by atoms with E-state index in [1.807, 2.05) is 0 Å². The molecule has 1 aromatic rings. The zero-order valence-electron chi connectivity index (χ0n) is 7.14. The van der Waals surface area contributed by atoms with E-state index in [0.29, 0.717) is 0 Å². The topological polar surface area (TPSA) is 83.1 Å². The van der Waals surface area contributed by atoms with Crippen LogP contribution in [0.5, 0.6) is 0 Å². The summed E-state index contributed by atoms with van der Waals surface area (Å²) in [4.78, 5) is 10.6. The Morgan fingerprint density at radius 2 is 1.79 bits per heavy atom. The smallest absolute Gasteiger partial charge is 0.264 e. The Kier molecular flexibility index (Phi) is 3.21. The van der Waals surface area contributed by atoms with Gasteiger partial charge in [0.05, 0.1) is 4.90 Å². The van der Waals surface area contributed by atoms with Crippen LogP contribution >= 0.6 is 0 Å². The fourth-order valence-electron chi connectivity index (χ4n) is 0.838. The second-order valence-electron chi connectivity index (χ2n) is 2.49. The number of nitrogens with one attached hydrogen (secondary N) is 1. The van der Waals surface area contributed by atoms with E-state index in [9.17, 15) is 18.3 Å². The maximum Gasteiger partial charge on any atom is 0.264 e. The van der Waals surface area contributed by atoms with Crippen LogP contribution in [0.1, 0.15) is 0 Å². The van der Waals surface area contributed by atoms with Gasteiger partial charge in [0.1, 0.15) is 0 Å². The van der Waals surface area contributed by atoms with Crippen LogP contribution in [0.25, 0.3) is 0 Å². The summed E-state index contributed by atoms with van der Waals surface area (Å²) in [5.41, 5.74) is 0. The summed E-state index contributed by atoms with van der Waals surface area (Å²) in [6.45, 7) is -1.11. The zero-order valence-corrected chi connectivity index (χ0v) is 7.95. The molecule has 0 aliphatic rings.